The summed E-state index contributed by atoms with van der Waals surface area (Å²) in [4.78, 5) is 37.9. The standard InChI is InChI=1S/C30H22N4O2/c1-15-5-6-17(13-16(15)2)18-7-12-23-24(14-18)34-28(32-23)20-9-10-21-25-19(27(31-3)33(4)29(21)35)8-11-22(26(20)25)30(34)36/h5-14H,1-4H3. The van der Waals surface area contributed by atoms with Crippen LogP contribution in [-0.4, -0.2) is 40.1 Å². The average molecular weight is 471 g/mol. The van der Waals surface area contributed by atoms with E-state index in [1.54, 1.807) is 23.4 Å². The van der Waals surface area contributed by atoms with Gasteiger partial charge in [-0.05, 0) is 72.5 Å². The molecule has 6 aromatic rings. The third-order valence-electron chi connectivity index (χ3n) is 7.64. The van der Waals surface area contributed by atoms with Crippen molar-refractivity contribution in [3.8, 4) is 11.1 Å². The molecule has 6 heteroatoms. The number of hydrogen-bond donors (Lipinski definition) is 0. The van der Waals surface area contributed by atoms with Gasteiger partial charge in [0.05, 0.1) is 11.0 Å². The molecule has 1 aliphatic heterocycles. The molecular formula is C30H22N4O2. The number of nitrogens with zero attached hydrogens (tertiary/aromatic N) is 4. The Morgan fingerprint density at radius 2 is 1.50 bits per heavy atom. The summed E-state index contributed by atoms with van der Waals surface area (Å²) in [6.45, 7) is 4.21. The number of fused-ring (bicyclic) bond motifs is 4. The molecule has 0 saturated carbocycles. The van der Waals surface area contributed by atoms with Crippen molar-refractivity contribution in [1.82, 2.24) is 14.3 Å². The highest BCUT2D eigenvalue weighted by Crippen LogP contribution is 2.37. The lowest BCUT2D eigenvalue weighted by Gasteiger charge is -2.27. The Labute approximate surface area is 206 Å². The van der Waals surface area contributed by atoms with E-state index < -0.39 is 0 Å². The Bertz CT molecular complexity index is 2030. The second-order valence-electron chi connectivity index (χ2n) is 9.56. The maximum Gasteiger partial charge on any atom is 0.264 e. The molecule has 174 valence electrons. The van der Waals surface area contributed by atoms with Crippen molar-refractivity contribution in [1.29, 1.82) is 0 Å². The molecule has 6 nitrogen and oxygen atoms in total. The SMILES string of the molecule is CN=C1c2ccc3c(=O)n4c5cc(-c6ccc(C)c(C)c6)ccc5nc4c4ccc(c2c34)C(=O)N1C. The van der Waals surface area contributed by atoms with Gasteiger partial charge in [-0.2, -0.15) is 0 Å². The molecule has 0 fully saturated rings. The lowest BCUT2D eigenvalue weighted by Crippen LogP contribution is -2.37. The molecule has 3 heterocycles. The van der Waals surface area contributed by atoms with Crippen LogP contribution in [0.15, 0.2) is 70.5 Å². The fraction of sp³-hybridized carbons (Fsp3) is 0.133. The maximum atomic E-state index is 13.9. The average Bonchev–Trinajstić information content (AvgIpc) is 3.27. The van der Waals surface area contributed by atoms with Gasteiger partial charge in [0.1, 0.15) is 11.5 Å². The Morgan fingerprint density at radius 3 is 2.28 bits per heavy atom. The zero-order chi connectivity index (χ0) is 24.9. The second-order valence-corrected chi connectivity index (χ2v) is 9.56. The number of aryl methyl sites for hydroxylation is 2. The van der Waals surface area contributed by atoms with E-state index in [0.717, 1.165) is 43.9 Å². The largest absolute Gasteiger partial charge is 0.296 e. The molecule has 7 rings (SSSR count). The van der Waals surface area contributed by atoms with Gasteiger partial charge in [-0.15, -0.1) is 0 Å². The van der Waals surface area contributed by atoms with Crippen LogP contribution in [0.4, 0.5) is 0 Å². The minimum atomic E-state index is -0.137. The summed E-state index contributed by atoms with van der Waals surface area (Å²) >= 11 is 0. The highest BCUT2D eigenvalue weighted by atomic mass is 16.2. The molecule has 0 unspecified atom stereocenters. The van der Waals surface area contributed by atoms with E-state index in [0.29, 0.717) is 22.4 Å². The normalized spacial score (nSPS) is 14.8. The molecule has 0 aliphatic carbocycles. The first-order valence-electron chi connectivity index (χ1n) is 11.9. The second kappa shape index (κ2) is 6.98. The number of benzene rings is 4. The fourth-order valence-electron chi connectivity index (χ4n) is 5.64. The molecule has 0 spiro atoms. The Kier molecular flexibility index (Phi) is 4.03. The zero-order valence-corrected chi connectivity index (χ0v) is 20.4. The Morgan fingerprint density at radius 1 is 0.778 bits per heavy atom. The summed E-state index contributed by atoms with van der Waals surface area (Å²) in [5.41, 5.74) is 8.04. The highest BCUT2D eigenvalue weighted by Gasteiger charge is 2.30. The summed E-state index contributed by atoms with van der Waals surface area (Å²) < 4.78 is 1.71. The van der Waals surface area contributed by atoms with Crippen molar-refractivity contribution in [2.75, 3.05) is 14.1 Å². The Hall–Kier alpha value is -4.58. The smallest absolute Gasteiger partial charge is 0.264 e. The van der Waals surface area contributed by atoms with Crippen molar-refractivity contribution >= 4 is 50.0 Å². The van der Waals surface area contributed by atoms with Gasteiger partial charge in [0.2, 0.25) is 0 Å². The number of aliphatic imine (C=N–C) groups is 1. The van der Waals surface area contributed by atoms with E-state index in [9.17, 15) is 9.59 Å². The van der Waals surface area contributed by atoms with E-state index in [4.69, 9.17) is 4.98 Å². The van der Waals surface area contributed by atoms with Crippen LogP contribution in [0.25, 0.3) is 49.4 Å². The molecule has 0 atom stereocenters. The summed E-state index contributed by atoms with van der Waals surface area (Å²) in [5, 5.41) is 2.97. The maximum absolute atomic E-state index is 13.9. The molecule has 0 N–H and O–H groups in total. The molecule has 0 saturated heterocycles. The highest BCUT2D eigenvalue weighted by molar-refractivity contribution is 6.32. The van der Waals surface area contributed by atoms with Crippen molar-refractivity contribution in [3.05, 3.63) is 93.3 Å². The van der Waals surface area contributed by atoms with Crippen LogP contribution in [0.3, 0.4) is 0 Å². The fourth-order valence-corrected chi connectivity index (χ4v) is 5.64. The van der Waals surface area contributed by atoms with Crippen LogP contribution in [-0.2, 0) is 0 Å². The number of pyridine rings is 1. The van der Waals surface area contributed by atoms with Crippen molar-refractivity contribution < 1.29 is 4.79 Å². The van der Waals surface area contributed by atoms with Crippen molar-refractivity contribution in [3.63, 3.8) is 0 Å². The summed E-state index contributed by atoms with van der Waals surface area (Å²) in [6.07, 6.45) is 0. The summed E-state index contributed by atoms with van der Waals surface area (Å²) in [6, 6.07) is 20.0. The Balaban J connectivity index is 1.61. The van der Waals surface area contributed by atoms with Gasteiger partial charge in [0.25, 0.3) is 11.5 Å². The summed E-state index contributed by atoms with van der Waals surface area (Å²) in [7, 11) is 3.40. The number of carbonyl (C=O) groups excluding carboxylic acids is 1. The first-order valence-corrected chi connectivity index (χ1v) is 11.9. The van der Waals surface area contributed by atoms with E-state index >= 15 is 0 Å². The lowest BCUT2D eigenvalue weighted by atomic mass is 9.90. The van der Waals surface area contributed by atoms with E-state index in [2.05, 4.69) is 43.1 Å². The molecule has 1 amide bonds. The number of hydrogen-bond acceptors (Lipinski definition) is 4. The topological polar surface area (TPSA) is 67.0 Å². The first-order chi connectivity index (χ1) is 17.4. The van der Waals surface area contributed by atoms with Crippen LogP contribution >= 0.6 is 0 Å². The number of aromatic nitrogens is 2. The number of rotatable bonds is 1. The van der Waals surface area contributed by atoms with Gasteiger partial charge < -0.3 is 0 Å². The molecule has 0 bridgehead atoms. The van der Waals surface area contributed by atoms with E-state index in [1.807, 2.05) is 36.4 Å². The molecule has 2 aromatic heterocycles. The van der Waals surface area contributed by atoms with E-state index in [-0.39, 0.29) is 11.5 Å². The predicted molar refractivity (Wildman–Crippen MR) is 145 cm³/mol. The van der Waals surface area contributed by atoms with Crippen LogP contribution in [0.2, 0.25) is 0 Å². The van der Waals surface area contributed by atoms with Crippen LogP contribution in [0.1, 0.15) is 27.0 Å². The predicted octanol–water partition coefficient (Wildman–Crippen LogP) is 5.34. The van der Waals surface area contributed by atoms with E-state index in [1.165, 1.54) is 11.1 Å². The van der Waals surface area contributed by atoms with Gasteiger partial charge >= 0.3 is 0 Å². The quantitative estimate of drug-likeness (QED) is 0.326. The first kappa shape index (κ1) is 20.8. The van der Waals surface area contributed by atoms with Crippen molar-refractivity contribution in [2.24, 2.45) is 4.99 Å². The third-order valence-corrected chi connectivity index (χ3v) is 7.64. The van der Waals surface area contributed by atoms with Gasteiger partial charge in [-0.25, -0.2) is 4.98 Å². The van der Waals surface area contributed by atoms with Gasteiger partial charge in [-0.3, -0.25) is 23.9 Å². The number of amidine groups is 1. The summed E-state index contributed by atoms with van der Waals surface area (Å²) in [5.74, 6) is 0.470. The lowest BCUT2D eigenvalue weighted by molar-refractivity contribution is 0.0870. The van der Waals surface area contributed by atoms with Crippen LogP contribution < -0.4 is 5.56 Å². The molecule has 0 radical (unpaired) electrons. The number of amides is 1. The number of imidazole rings is 1. The van der Waals surface area contributed by atoms with Gasteiger partial charge in [0.15, 0.2) is 0 Å². The minimum absolute atomic E-state index is 0.128. The molecule has 4 aromatic carbocycles. The molecular weight excluding hydrogens is 448 g/mol. The van der Waals surface area contributed by atoms with Gasteiger partial charge in [0, 0.05) is 46.8 Å². The van der Waals surface area contributed by atoms with Crippen molar-refractivity contribution in [2.45, 2.75) is 13.8 Å². The van der Waals surface area contributed by atoms with Gasteiger partial charge in [-0.1, -0.05) is 24.3 Å². The molecule has 1 aliphatic rings. The minimum Gasteiger partial charge on any atom is -0.296 e. The van der Waals surface area contributed by atoms with Crippen LogP contribution in [0.5, 0.6) is 0 Å². The third kappa shape index (κ3) is 2.50. The zero-order valence-electron chi connectivity index (χ0n) is 20.4. The van der Waals surface area contributed by atoms with Crippen LogP contribution in [0, 0.1) is 13.8 Å². The molecule has 36 heavy (non-hydrogen) atoms. The monoisotopic (exact) mass is 470 g/mol. The number of carbonyl (C=O) groups is 1.